The number of hydrogen-bond acceptors (Lipinski definition) is 4. The second kappa shape index (κ2) is 6.42. The van der Waals surface area contributed by atoms with Crippen molar-refractivity contribution in [3.05, 3.63) is 52.8 Å². The zero-order valence-electron chi connectivity index (χ0n) is 14.0. The van der Waals surface area contributed by atoms with Crippen molar-refractivity contribution in [2.75, 3.05) is 23.4 Å². The minimum Gasteiger partial charge on any atom is -0.490 e. The summed E-state index contributed by atoms with van der Waals surface area (Å²) in [6.07, 6.45) is 0.815. The number of rotatable bonds is 2. The maximum absolute atomic E-state index is 14.6. The van der Waals surface area contributed by atoms with Crippen LogP contribution in [0.25, 0.3) is 0 Å². The standard InChI is InChI=1S/C19H18FN3O3/c20-14-9-15-12(2-4-18(24)22-15)8-13(14)19(25)23-5-6-26-17-7-11(10-21)1-3-16(17)23/h1,3,7-9H,2,4-6,10,21H2,(H,22,24). The van der Waals surface area contributed by atoms with E-state index in [1.807, 2.05) is 6.07 Å². The predicted molar refractivity (Wildman–Crippen MR) is 94.9 cm³/mol. The molecule has 7 heteroatoms. The van der Waals surface area contributed by atoms with Gasteiger partial charge in [-0.15, -0.1) is 0 Å². The first-order valence-electron chi connectivity index (χ1n) is 8.47. The summed E-state index contributed by atoms with van der Waals surface area (Å²) in [5, 5.41) is 2.64. The first-order chi connectivity index (χ1) is 12.6. The third-order valence-corrected chi connectivity index (χ3v) is 4.69. The number of carbonyl (C=O) groups excluding carboxylic acids is 2. The maximum atomic E-state index is 14.6. The molecule has 6 nitrogen and oxygen atoms in total. The molecule has 0 atom stereocenters. The minimum absolute atomic E-state index is 0.00403. The van der Waals surface area contributed by atoms with Crippen LogP contribution in [0.1, 0.15) is 27.9 Å². The van der Waals surface area contributed by atoms with E-state index >= 15 is 0 Å². The van der Waals surface area contributed by atoms with E-state index < -0.39 is 11.7 Å². The summed E-state index contributed by atoms with van der Waals surface area (Å²) < 4.78 is 20.2. The molecule has 26 heavy (non-hydrogen) atoms. The van der Waals surface area contributed by atoms with Gasteiger partial charge in [-0.05, 0) is 41.8 Å². The highest BCUT2D eigenvalue weighted by Crippen LogP contribution is 2.34. The average Bonchev–Trinajstić information content (AvgIpc) is 2.65. The smallest absolute Gasteiger partial charge is 0.261 e. The number of benzene rings is 2. The fourth-order valence-corrected chi connectivity index (χ4v) is 3.31. The quantitative estimate of drug-likeness (QED) is 0.865. The van der Waals surface area contributed by atoms with E-state index in [1.165, 1.54) is 17.0 Å². The Hall–Kier alpha value is -2.93. The summed E-state index contributed by atoms with van der Waals surface area (Å²) in [6.45, 7) is 1.03. The van der Waals surface area contributed by atoms with Crippen LogP contribution >= 0.6 is 0 Å². The molecule has 0 spiro atoms. The summed E-state index contributed by atoms with van der Waals surface area (Å²) in [7, 11) is 0. The van der Waals surface area contributed by atoms with Crippen molar-refractivity contribution in [1.29, 1.82) is 0 Å². The lowest BCUT2D eigenvalue weighted by atomic mass is 9.99. The average molecular weight is 355 g/mol. The Balaban J connectivity index is 1.70. The Kier molecular flexibility index (Phi) is 4.08. The van der Waals surface area contributed by atoms with Gasteiger partial charge < -0.3 is 20.7 Å². The van der Waals surface area contributed by atoms with Crippen molar-refractivity contribution in [2.24, 2.45) is 5.73 Å². The van der Waals surface area contributed by atoms with Crippen molar-refractivity contribution < 1.29 is 18.7 Å². The number of fused-ring (bicyclic) bond motifs is 2. The van der Waals surface area contributed by atoms with Crippen LogP contribution in [0.15, 0.2) is 30.3 Å². The first-order valence-corrected chi connectivity index (χ1v) is 8.47. The molecule has 2 heterocycles. The Morgan fingerprint density at radius 1 is 1.27 bits per heavy atom. The third-order valence-electron chi connectivity index (χ3n) is 4.69. The lowest BCUT2D eigenvalue weighted by Gasteiger charge is -2.30. The van der Waals surface area contributed by atoms with Crippen LogP contribution in [0.2, 0.25) is 0 Å². The van der Waals surface area contributed by atoms with E-state index in [2.05, 4.69) is 5.32 Å². The van der Waals surface area contributed by atoms with E-state index in [-0.39, 0.29) is 11.5 Å². The number of carbonyl (C=O) groups is 2. The zero-order chi connectivity index (χ0) is 18.3. The monoisotopic (exact) mass is 355 g/mol. The van der Waals surface area contributed by atoms with Gasteiger partial charge in [0, 0.05) is 18.7 Å². The first kappa shape index (κ1) is 16.5. The van der Waals surface area contributed by atoms with Crippen LogP contribution in [0.5, 0.6) is 5.75 Å². The van der Waals surface area contributed by atoms with Crippen LogP contribution in [-0.4, -0.2) is 25.0 Å². The molecule has 0 aromatic heterocycles. The SMILES string of the molecule is NCc1ccc2c(c1)OCCN2C(=O)c1cc2c(cc1F)NC(=O)CC2. The van der Waals surface area contributed by atoms with E-state index in [9.17, 15) is 14.0 Å². The number of nitrogens with zero attached hydrogens (tertiary/aromatic N) is 1. The van der Waals surface area contributed by atoms with Crippen LogP contribution in [0.4, 0.5) is 15.8 Å². The molecule has 0 aliphatic carbocycles. The van der Waals surface area contributed by atoms with Crippen LogP contribution in [0.3, 0.4) is 0 Å². The number of anilines is 2. The summed E-state index contributed by atoms with van der Waals surface area (Å²) >= 11 is 0. The summed E-state index contributed by atoms with van der Waals surface area (Å²) in [6, 6.07) is 8.15. The summed E-state index contributed by atoms with van der Waals surface area (Å²) in [4.78, 5) is 26.0. The Morgan fingerprint density at radius 3 is 2.92 bits per heavy atom. The molecule has 0 saturated carbocycles. The van der Waals surface area contributed by atoms with Crippen molar-refractivity contribution in [3.8, 4) is 5.75 Å². The van der Waals surface area contributed by atoms with Gasteiger partial charge in [-0.2, -0.15) is 0 Å². The Labute approximate surface area is 149 Å². The van der Waals surface area contributed by atoms with E-state index in [0.717, 1.165) is 11.1 Å². The van der Waals surface area contributed by atoms with Gasteiger partial charge >= 0.3 is 0 Å². The number of aryl methyl sites for hydroxylation is 1. The number of ether oxygens (including phenoxy) is 1. The normalized spacial score (nSPS) is 15.6. The van der Waals surface area contributed by atoms with Crippen LogP contribution in [0, 0.1) is 5.82 Å². The van der Waals surface area contributed by atoms with E-state index in [4.69, 9.17) is 10.5 Å². The van der Waals surface area contributed by atoms with Crippen LogP contribution < -0.4 is 20.7 Å². The second-order valence-corrected chi connectivity index (χ2v) is 6.35. The summed E-state index contributed by atoms with van der Waals surface area (Å²) in [5.74, 6) is -0.651. The molecule has 2 aliphatic rings. The highest BCUT2D eigenvalue weighted by atomic mass is 19.1. The highest BCUT2D eigenvalue weighted by molar-refractivity contribution is 6.08. The van der Waals surface area contributed by atoms with Crippen LogP contribution in [-0.2, 0) is 17.8 Å². The van der Waals surface area contributed by atoms with Gasteiger partial charge in [0.2, 0.25) is 5.91 Å². The molecular weight excluding hydrogens is 337 g/mol. The topological polar surface area (TPSA) is 84.7 Å². The number of amides is 2. The third kappa shape index (κ3) is 2.80. The van der Waals surface area contributed by atoms with Gasteiger partial charge in [0.25, 0.3) is 5.91 Å². The molecule has 0 radical (unpaired) electrons. The lowest BCUT2D eigenvalue weighted by Crippen LogP contribution is -2.38. The van der Waals surface area contributed by atoms with Crippen molar-refractivity contribution in [2.45, 2.75) is 19.4 Å². The molecule has 2 aromatic carbocycles. The van der Waals surface area contributed by atoms with Crippen molar-refractivity contribution in [1.82, 2.24) is 0 Å². The maximum Gasteiger partial charge on any atom is 0.261 e. The molecule has 2 aromatic rings. The minimum atomic E-state index is -0.650. The van der Waals surface area contributed by atoms with Gasteiger partial charge in [0.05, 0.1) is 17.8 Å². The molecule has 2 aliphatic heterocycles. The van der Waals surface area contributed by atoms with Gasteiger partial charge in [-0.3, -0.25) is 9.59 Å². The molecular formula is C19H18FN3O3. The molecule has 2 amide bonds. The highest BCUT2D eigenvalue weighted by Gasteiger charge is 2.28. The number of nitrogens with two attached hydrogens (primary N) is 1. The molecule has 0 saturated heterocycles. The Bertz CT molecular complexity index is 913. The molecule has 4 rings (SSSR count). The summed E-state index contributed by atoms with van der Waals surface area (Å²) in [5.41, 5.74) is 8.34. The fourth-order valence-electron chi connectivity index (χ4n) is 3.31. The number of nitrogens with one attached hydrogen (secondary N) is 1. The fraction of sp³-hybridized carbons (Fsp3) is 0.263. The molecule has 3 N–H and O–H groups in total. The van der Waals surface area contributed by atoms with Gasteiger partial charge in [-0.1, -0.05) is 6.07 Å². The second-order valence-electron chi connectivity index (χ2n) is 6.35. The molecule has 134 valence electrons. The largest absolute Gasteiger partial charge is 0.490 e. The lowest BCUT2D eigenvalue weighted by molar-refractivity contribution is -0.116. The van der Waals surface area contributed by atoms with E-state index in [1.54, 1.807) is 12.1 Å². The zero-order valence-corrected chi connectivity index (χ0v) is 14.0. The number of halogens is 1. The van der Waals surface area contributed by atoms with Crippen molar-refractivity contribution >= 4 is 23.2 Å². The van der Waals surface area contributed by atoms with Gasteiger partial charge in [0.15, 0.2) is 0 Å². The van der Waals surface area contributed by atoms with E-state index in [0.29, 0.717) is 49.7 Å². The molecule has 0 unspecified atom stereocenters. The molecule has 0 fully saturated rings. The predicted octanol–water partition coefficient (Wildman–Crippen LogP) is 2.21. The van der Waals surface area contributed by atoms with Crippen molar-refractivity contribution in [3.63, 3.8) is 0 Å². The van der Waals surface area contributed by atoms with Gasteiger partial charge in [0.1, 0.15) is 18.2 Å². The Morgan fingerprint density at radius 2 is 2.12 bits per heavy atom. The molecule has 0 bridgehead atoms. The van der Waals surface area contributed by atoms with Gasteiger partial charge in [-0.25, -0.2) is 4.39 Å². The number of hydrogen-bond donors (Lipinski definition) is 2.